The monoisotopic (exact) mass is 427 g/mol. The van der Waals surface area contributed by atoms with Crippen LogP contribution in [0.4, 0.5) is 4.79 Å². The number of carbonyl (C=O) groups excluding carboxylic acids is 4. The van der Waals surface area contributed by atoms with Gasteiger partial charge in [0.2, 0.25) is 5.91 Å². The molecule has 166 valence electrons. The smallest absolute Gasteiger partial charge is 0.325 e. The Morgan fingerprint density at radius 2 is 1.65 bits per heavy atom. The molecule has 8 nitrogen and oxygen atoms in total. The van der Waals surface area contributed by atoms with Gasteiger partial charge in [-0.2, -0.15) is 0 Å². The molecule has 2 heterocycles. The second kappa shape index (κ2) is 7.98. The molecule has 2 saturated heterocycles. The van der Waals surface area contributed by atoms with Crippen molar-refractivity contribution in [3.8, 4) is 0 Å². The van der Waals surface area contributed by atoms with Gasteiger partial charge >= 0.3 is 12.0 Å². The maximum absolute atomic E-state index is 13.2. The number of esters is 1. The lowest BCUT2D eigenvalue weighted by Gasteiger charge is -2.41. The van der Waals surface area contributed by atoms with Gasteiger partial charge in [0.15, 0.2) is 0 Å². The molecule has 4 amide bonds. The zero-order valence-electron chi connectivity index (χ0n) is 18.1. The van der Waals surface area contributed by atoms with E-state index in [1.165, 1.54) is 7.11 Å². The molecule has 3 fully saturated rings. The Labute approximate surface area is 181 Å². The normalized spacial score (nSPS) is 23.0. The molecular formula is C23H29N3O5. The predicted octanol–water partition coefficient (Wildman–Crippen LogP) is 1.97. The molecule has 0 radical (unpaired) electrons. The average Bonchev–Trinajstić information content (AvgIpc) is 3.37. The Balaban J connectivity index is 1.48. The van der Waals surface area contributed by atoms with Crippen LogP contribution in [0.3, 0.4) is 0 Å². The Morgan fingerprint density at radius 1 is 1.03 bits per heavy atom. The molecule has 1 unspecified atom stereocenters. The van der Waals surface area contributed by atoms with Crippen LogP contribution in [0.2, 0.25) is 0 Å². The third kappa shape index (κ3) is 3.38. The van der Waals surface area contributed by atoms with Crippen LogP contribution in [0.5, 0.6) is 0 Å². The summed E-state index contributed by atoms with van der Waals surface area (Å²) >= 11 is 0. The molecule has 31 heavy (non-hydrogen) atoms. The molecular weight excluding hydrogens is 398 g/mol. The Morgan fingerprint density at radius 3 is 2.23 bits per heavy atom. The molecule has 1 atom stereocenters. The van der Waals surface area contributed by atoms with E-state index in [9.17, 15) is 19.2 Å². The van der Waals surface area contributed by atoms with Crippen molar-refractivity contribution >= 4 is 23.8 Å². The Hall–Kier alpha value is -2.90. The fourth-order valence-electron chi connectivity index (χ4n) is 5.36. The summed E-state index contributed by atoms with van der Waals surface area (Å²) < 4.78 is 5.11. The highest BCUT2D eigenvalue weighted by atomic mass is 16.5. The van der Waals surface area contributed by atoms with Gasteiger partial charge in [-0.1, -0.05) is 43.2 Å². The maximum atomic E-state index is 13.2. The second-order valence-electron chi connectivity index (χ2n) is 8.84. The minimum absolute atomic E-state index is 0.273. The van der Waals surface area contributed by atoms with E-state index in [4.69, 9.17) is 4.74 Å². The van der Waals surface area contributed by atoms with Gasteiger partial charge in [0.25, 0.3) is 5.91 Å². The quantitative estimate of drug-likeness (QED) is 0.586. The van der Waals surface area contributed by atoms with E-state index in [2.05, 4.69) is 5.32 Å². The number of rotatable bonds is 4. The van der Waals surface area contributed by atoms with Crippen molar-refractivity contribution in [3.63, 3.8) is 0 Å². The summed E-state index contributed by atoms with van der Waals surface area (Å²) in [5.74, 6) is -0.873. The zero-order valence-corrected chi connectivity index (χ0v) is 18.1. The van der Waals surface area contributed by atoms with E-state index in [1.807, 2.05) is 30.3 Å². The summed E-state index contributed by atoms with van der Waals surface area (Å²) in [6.07, 6.45) is 3.88. The van der Waals surface area contributed by atoms with E-state index in [0.717, 1.165) is 23.3 Å². The molecule has 0 aromatic heterocycles. The molecule has 3 aliphatic rings. The summed E-state index contributed by atoms with van der Waals surface area (Å²) in [7, 11) is 1.38. The number of urea groups is 1. The van der Waals surface area contributed by atoms with Crippen molar-refractivity contribution in [2.24, 2.45) is 0 Å². The van der Waals surface area contributed by atoms with Crippen LogP contribution in [0.1, 0.15) is 51.0 Å². The van der Waals surface area contributed by atoms with Crippen LogP contribution in [-0.4, -0.2) is 65.4 Å². The van der Waals surface area contributed by atoms with Crippen LogP contribution < -0.4 is 5.32 Å². The lowest BCUT2D eigenvalue weighted by molar-refractivity contribution is -0.152. The summed E-state index contributed by atoms with van der Waals surface area (Å²) in [5.41, 5.74) is -0.759. The number of imide groups is 1. The number of likely N-dealkylation sites (tertiary alicyclic amines) is 1. The fourth-order valence-corrected chi connectivity index (χ4v) is 5.36. The van der Waals surface area contributed by atoms with E-state index in [0.29, 0.717) is 38.8 Å². The number of nitrogens with zero attached hydrogens (tertiary/aromatic N) is 2. The Kier molecular flexibility index (Phi) is 5.49. The van der Waals surface area contributed by atoms with Crippen molar-refractivity contribution in [1.82, 2.24) is 15.1 Å². The molecule has 1 spiro atoms. The minimum Gasteiger partial charge on any atom is -0.468 e. The van der Waals surface area contributed by atoms with Crippen molar-refractivity contribution < 1.29 is 23.9 Å². The van der Waals surface area contributed by atoms with Crippen LogP contribution in [0.25, 0.3) is 0 Å². The first-order valence-corrected chi connectivity index (χ1v) is 10.9. The maximum Gasteiger partial charge on any atom is 0.325 e. The van der Waals surface area contributed by atoms with Gasteiger partial charge in [-0.05, 0) is 38.2 Å². The molecule has 1 aromatic rings. The topological polar surface area (TPSA) is 96.0 Å². The number of hydrogen-bond acceptors (Lipinski definition) is 5. The van der Waals surface area contributed by atoms with Gasteiger partial charge in [0.05, 0.1) is 12.5 Å². The van der Waals surface area contributed by atoms with E-state index >= 15 is 0 Å². The van der Waals surface area contributed by atoms with Crippen molar-refractivity contribution in [3.05, 3.63) is 35.9 Å². The van der Waals surface area contributed by atoms with Crippen LogP contribution in [0.15, 0.2) is 30.3 Å². The number of hydrogen-bond donors (Lipinski definition) is 1. The molecule has 4 rings (SSSR count). The highest BCUT2D eigenvalue weighted by molar-refractivity contribution is 6.10. The highest BCUT2D eigenvalue weighted by Gasteiger charge is 2.55. The molecule has 1 saturated carbocycles. The molecule has 1 aromatic carbocycles. The number of amides is 4. The van der Waals surface area contributed by atoms with Crippen molar-refractivity contribution in [1.29, 1.82) is 0 Å². The van der Waals surface area contributed by atoms with Gasteiger partial charge in [0, 0.05) is 13.1 Å². The average molecular weight is 428 g/mol. The number of methoxy groups -OCH3 is 1. The number of benzene rings is 1. The van der Waals surface area contributed by atoms with Gasteiger partial charge in [-0.25, -0.2) is 9.69 Å². The molecule has 1 N–H and O–H groups in total. The highest BCUT2D eigenvalue weighted by Crippen LogP contribution is 2.38. The summed E-state index contributed by atoms with van der Waals surface area (Å²) in [6.45, 7) is 2.30. The third-order valence-corrected chi connectivity index (χ3v) is 7.23. The first-order chi connectivity index (χ1) is 14.8. The summed E-state index contributed by atoms with van der Waals surface area (Å²) in [5, 5.41) is 2.83. The van der Waals surface area contributed by atoms with E-state index in [1.54, 1.807) is 11.8 Å². The van der Waals surface area contributed by atoms with Crippen molar-refractivity contribution in [2.45, 2.75) is 62.4 Å². The van der Waals surface area contributed by atoms with Crippen LogP contribution in [0, 0.1) is 0 Å². The zero-order chi connectivity index (χ0) is 22.2. The third-order valence-electron chi connectivity index (χ3n) is 7.23. The number of nitrogens with one attached hydrogen (secondary N) is 1. The first-order valence-electron chi connectivity index (χ1n) is 10.9. The predicted molar refractivity (Wildman–Crippen MR) is 112 cm³/mol. The van der Waals surface area contributed by atoms with Gasteiger partial charge in [-0.15, -0.1) is 0 Å². The van der Waals surface area contributed by atoms with Gasteiger partial charge in [-0.3, -0.25) is 14.4 Å². The first kappa shape index (κ1) is 21.3. The van der Waals surface area contributed by atoms with E-state index in [-0.39, 0.29) is 17.8 Å². The van der Waals surface area contributed by atoms with Crippen LogP contribution in [-0.2, 0) is 24.5 Å². The standard InChI is InChI=1S/C23H29N3O5/c1-16(26-19(28)23(24-21(26)30)10-6-7-11-23)18(27)25-14-12-22(13-15-25,20(29)31-2)17-8-4-3-5-9-17/h3-5,8-9,16H,6-7,10-15H2,1-2H3,(H,24,30). The summed E-state index contributed by atoms with van der Waals surface area (Å²) in [4.78, 5) is 54.2. The fraction of sp³-hybridized carbons (Fsp3) is 0.565. The number of ether oxygens (including phenoxy) is 1. The molecule has 1 aliphatic carbocycles. The second-order valence-corrected chi connectivity index (χ2v) is 8.84. The Bertz CT molecular complexity index is 886. The van der Waals surface area contributed by atoms with Crippen LogP contribution >= 0.6 is 0 Å². The summed E-state index contributed by atoms with van der Waals surface area (Å²) in [6, 6.07) is 8.11. The van der Waals surface area contributed by atoms with Crippen molar-refractivity contribution in [2.75, 3.05) is 20.2 Å². The van der Waals surface area contributed by atoms with Gasteiger partial charge < -0.3 is 15.0 Å². The SMILES string of the molecule is COC(=O)C1(c2ccccc2)CCN(C(=O)C(C)N2C(=O)NC3(CCCC3)C2=O)CC1. The molecule has 0 bridgehead atoms. The minimum atomic E-state index is -0.880. The van der Waals surface area contributed by atoms with E-state index < -0.39 is 23.0 Å². The molecule has 8 heteroatoms. The lowest BCUT2D eigenvalue weighted by atomic mass is 9.72. The number of piperidine rings is 1. The number of carbonyl (C=O) groups is 4. The van der Waals surface area contributed by atoms with Gasteiger partial charge in [0.1, 0.15) is 11.6 Å². The lowest BCUT2D eigenvalue weighted by Crippen LogP contribution is -2.55. The largest absolute Gasteiger partial charge is 0.468 e. The molecule has 2 aliphatic heterocycles.